The Morgan fingerprint density at radius 3 is 1.77 bits per heavy atom. The van der Waals surface area contributed by atoms with E-state index in [4.69, 9.17) is 0 Å². The van der Waals surface area contributed by atoms with Gasteiger partial charge in [0.2, 0.25) is 5.91 Å². The highest BCUT2D eigenvalue weighted by Gasteiger charge is 2.26. The number of Topliss-reactive ketones (excluding diaryl/α,β-unsaturated/α-hetero) is 1. The molecule has 3 nitrogen and oxygen atoms in total. The zero-order valence-corrected chi connectivity index (χ0v) is 9.13. The summed E-state index contributed by atoms with van der Waals surface area (Å²) in [5.74, 6) is 0.213. The zero-order chi connectivity index (χ0) is 10.6. The van der Waals surface area contributed by atoms with Crippen LogP contribution < -0.4 is 0 Å². The second-order valence-electron chi connectivity index (χ2n) is 3.60. The molecule has 0 aromatic carbocycles. The summed E-state index contributed by atoms with van der Waals surface area (Å²) in [7, 11) is 0. The molecule has 0 fully saturated rings. The zero-order valence-electron chi connectivity index (χ0n) is 9.13. The maximum absolute atomic E-state index is 11.3. The van der Waals surface area contributed by atoms with Crippen LogP contribution in [0.1, 0.15) is 34.6 Å². The van der Waals surface area contributed by atoms with Crippen LogP contribution in [0.25, 0.3) is 0 Å². The molecule has 0 bridgehead atoms. The molecule has 0 rings (SSSR count). The molecule has 1 atom stereocenters. The van der Waals surface area contributed by atoms with Gasteiger partial charge in [0.25, 0.3) is 0 Å². The van der Waals surface area contributed by atoms with E-state index < -0.39 is 0 Å². The molecule has 1 unspecified atom stereocenters. The average Bonchev–Trinajstić information content (AvgIpc) is 1.97. The number of hydrogen-bond acceptors (Lipinski definition) is 2. The molecule has 0 saturated carbocycles. The molecule has 0 aliphatic carbocycles. The van der Waals surface area contributed by atoms with Crippen molar-refractivity contribution in [3.05, 3.63) is 0 Å². The van der Waals surface area contributed by atoms with E-state index in [1.54, 1.807) is 4.90 Å². The highest BCUT2D eigenvalue weighted by molar-refractivity contribution is 5.86. The lowest BCUT2D eigenvalue weighted by atomic mass is 9.99. The van der Waals surface area contributed by atoms with Gasteiger partial charge in [-0.2, -0.15) is 0 Å². The maximum Gasteiger partial charge on any atom is 0.220 e. The molecule has 0 radical (unpaired) electrons. The first-order valence-electron chi connectivity index (χ1n) is 4.69. The van der Waals surface area contributed by atoms with Gasteiger partial charge in [0.05, 0.1) is 6.04 Å². The van der Waals surface area contributed by atoms with E-state index in [1.807, 2.05) is 20.8 Å². The summed E-state index contributed by atoms with van der Waals surface area (Å²) < 4.78 is 0. The van der Waals surface area contributed by atoms with Crippen LogP contribution in [0.3, 0.4) is 0 Å². The fourth-order valence-electron chi connectivity index (χ4n) is 1.66. The van der Waals surface area contributed by atoms with Gasteiger partial charge in [-0.15, -0.1) is 0 Å². The van der Waals surface area contributed by atoms with Crippen molar-refractivity contribution in [2.45, 2.75) is 40.7 Å². The van der Waals surface area contributed by atoms with Crippen LogP contribution in [0, 0.1) is 5.92 Å². The van der Waals surface area contributed by atoms with E-state index in [0.29, 0.717) is 6.54 Å². The number of ketones is 1. The van der Waals surface area contributed by atoms with Crippen molar-refractivity contribution in [2.24, 2.45) is 5.92 Å². The van der Waals surface area contributed by atoms with Crippen LogP contribution in [-0.4, -0.2) is 29.2 Å². The van der Waals surface area contributed by atoms with Crippen LogP contribution in [0.5, 0.6) is 0 Å². The summed E-state index contributed by atoms with van der Waals surface area (Å²) in [6.45, 7) is 9.44. The third kappa shape index (κ3) is 3.17. The van der Waals surface area contributed by atoms with Crippen LogP contribution in [0.15, 0.2) is 0 Å². The van der Waals surface area contributed by atoms with Crippen molar-refractivity contribution < 1.29 is 9.59 Å². The number of likely N-dealkylation sites (N-methyl/N-ethyl adjacent to an activating group) is 1. The van der Waals surface area contributed by atoms with Gasteiger partial charge >= 0.3 is 0 Å². The summed E-state index contributed by atoms with van der Waals surface area (Å²) in [6.07, 6.45) is 0. The Morgan fingerprint density at radius 1 is 1.23 bits per heavy atom. The number of amides is 1. The number of rotatable bonds is 4. The number of hydrogen-bond donors (Lipinski definition) is 0. The van der Waals surface area contributed by atoms with Gasteiger partial charge in [-0.3, -0.25) is 9.59 Å². The summed E-state index contributed by atoms with van der Waals surface area (Å²) in [6, 6.07) is -0.262. The number of carbonyl (C=O) groups is 2. The van der Waals surface area contributed by atoms with Crippen LogP contribution in [-0.2, 0) is 9.59 Å². The molecule has 0 aromatic heterocycles. The largest absolute Gasteiger partial charge is 0.333 e. The van der Waals surface area contributed by atoms with Crippen LogP contribution in [0.4, 0.5) is 0 Å². The Kier molecular flexibility index (Phi) is 4.67. The van der Waals surface area contributed by atoms with Gasteiger partial charge in [-0.05, 0) is 19.8 Å². The molecule has 0 aliphatic heterocycles. The Bertz CT molecular complexity index is 199. The molecule has 3 heteroatoms. The average molecular weight is 185 g/mol. The Hall–Kier alpha value is -0.860. The number of nitrogens with zero attached hydrogens (tertiary/aromatic N) is 1. The minimum atomic E-state index is -0.262. The maximum atomic E-state index is 11.3. The normalized spacial score (nSPS) is 12.8. The van der Waals surface area contributed by atoms with E-state index in [0.717, 1.165) is 0 Å². The molecule has 0 N–H and O–H groups in total. The first-order chi connectivity index (χ1) is 5.91. The van der Waals surface area contributed by atoms with Crippen molar-refractivity contribution in [2.75, 3.05) is 6.54 Å². The topological polar surface area (TPSA) is 37.4 Å². The predicted molar refractivity (Wildman–Crippen MR) is 52.4 cm³/mol. The summed E-state index contributed by atoms with van der Waals surface area (Å²) in [5, 5.41) is 0. The third-order valence-electron chi connectivity index (χ3n) is 2.13. The van der Waals surface area contributed by atoms with Crippen molar-refractivity contribution in [3.63, 3.8) is 0 Å². The van der Waals surface area contributed by atoms with E-state index >= 15 is 0 Å². The third-order valence-corrected chi connectivity index (χ3v) is 2.13. The second kappa shape index (κ2) is 5.00. The summed E-state index contributed by atoms with van der Waals surface area (Å²) >= 11 is 0. The monoisotopic (exact) mass is 185 g/mol. The van der Waals surface area contributed by atoms with Gasteiger partial charge < -0.3 is 4.90 Å². The van der Waals surface area contributed by atoms with Crippen molar-refractivity contribution in [3.8, 4) is 0 Å². The van der Waals surface area contributed by atoms with E-state index in [9.17, 15) is 9.59 Å². The van der Waals surface area contributed by atoms with Crippen LogP contribution in [0.2, 0.25) is 0 Å². The SMILES string of the molecule is CCN(C(C)=O)C(C(C)=O)C(C)C. The van der Waals surface area contributed by atoms with Crippen LogP contribution >= 0.6 is 0 Å². The second-order valence-corrected chi connectivity index (χ2v) is 3.60. The Labute approximate surface area is 80.1 Å². The highest BCUT2D eigenvalue weighted by atomic mass is 16.2. The molecular formula is C10H19NO2. The van der Waals surface area contributed by atoms with Gasteiger partial charge in [0.1, 0.15) is 0 Å². The minimum absolute atomic E-state index is 0.0311. The highest BCUT2D eigenvalue weighted by Crippen LogP contribution is 2.11. The Morgan fingerprint density at radius 2 is 1.69 bits per heavy atom. The van der Waals surface area contributed by atoms with Gasteiger partial charge in [-0.25, -0.2) is 0 Å². The molecule has 0 spiro atoms. The number of carbonyl (C=O) groups excluding carboxylic acids is 2. The summed E-state index contributed by atoms with van der Waals surface area (Å²) in [4.78, 5) is 24.1. The van der Waals surface area contributed by atoms with Crippen molar-refractivity contribution >= 4 is 11.7 Å². The van der Waals surface area contributed by atoms with Gasteiger partial charge in [0.15, 0.2) is 5.78 Å². The molecule has 0 saturated heterocycles. The smallest absolute Gasteiger partial charge is 0.220 e. The molecule has 13 heavy (non-hydrogen) atoms. The first-order valence-corrected chi connectivity index (χ1v) is 4.69. The lowest BCUT2D eigenvalue weighted by molar-refractivity contribution is -0.138. The van der Waals surface area contributed by atoms with Crippen molar-refractivity contribution in [1.29, 1.82) is 0 Å². The van der Waals surface area contributed by atoms with Gasteiger partial charge in [0, 0.05) is 13.5 Å². The quantitative estimate of drug-likeness (QED) is 0.665. The minimum Gasteiger partial charge on any atom is -0.333 e. The summed E-state index contributed by atoms with van der Waals surface area (Å²) in [5.41, 5.74) is 0. The van der Waals surface area contributed by atoms with Gasteiger partial charge in [-0.1, -0.05) is 13.8 Å². The van der Waals surface area contributed by atoms with E-state index in [1.165, 1.54) is 13.8 Å². The predicted octanol–water partition coefficient (Wildman–Crippen LogP) is 1.47. The van der Waals surface area contributed by atoms with E-state index in [-0.39, 0.29) is 23.7 Å². The fraction of sp³-hybridized carbons (Fsp3) is 0.800. The molecular weight excluding hydrogens is 166 g/mol. The molecule has 0 aliphatic rings. The molecule has 76 valence electrons. The lowest BCUT2D eigenvalue weighted by Crippen LogP contribution is -2.46. The molecule has 0 heterocycles. The standard InChI is InChI=1S/C10H19NO2/c1-6-11(9(5)13)10(7(2)3)8(4)12/h7,10H,6H2,1-5H3. The van der Waals surface area contributed by atoms with E-state index in [2.05, 4.69) is 0 Å². The molecule has 1 amide bonds. The fourth-order valence-corrected chi connectivity index (χ4v) is 1.66. The van der Waals surface area contributed by atoms with Crippen molar-refractivity contribution in [1.82, 2.24) is 4.90 Å². The molecule has 0 aromatic rings. The Balaban J connectivity index is 4.69. The lowest BCUT2D eigenvalue weighted by Gasteiger charge is -2.30. The first kappa shape index (κ1) is 12.1.